The summed E-state index contributed by atoms with van der Waals surface area (Å²) in [4.78, 5) is 15.4. The van der Waals surface area contributed by atoms with Crippen LogP contribution < -0.4 is 5.32 Å². The van der Waals surface area contributed by atoms with Crippen LogP contribution >= 0.6 is 23.1 Å². The number of hydrogen-bond acceptors (Lipinski definition) is 3. The molecule has 2 nitrogen and oxygen atoms in total. The fourth-order valence-electron chi connectivity index (χ4n) is 1.92. The zero-order valence-corrected chi connectivity index (χ0v) is 13.4. The molecule has 0 atom stereocenters. The number of thioether (sulfide) groups is 1. The lowest BCUT2D eigenvalue weighted by Crippen LogP contribution is -2.24. The van der Waals surface area contributed by atoms with E-state index >= 15 is 0 Å². The Hall–Kier alpha value is -1.26. The van der Waals surface area contributed by atoms with E-state index in [1.165, 1.54) is 15.3 Å². The Labute approximate surface area is 128 Å². The monoisotopic (exact) mass is 305 g/mol. The van der Waals surface area contributed by atoms with E-state index in [2.05, 4.69) is 31.3 Å². The van der Waals surface area contributed by atoms with Crippen LogP contribution in [-0.4, -0.2) is 18.2 Å². The van der Waals surface area contributed by atoms with E-state index in [-0.39, 0.29) is 5.91 Å². The first-order valence-corrected chi connectivity index (χ1v) is 8.56. The molecule has 0 saturated carbocycles. The summed E-state index contributed by atoms with van der Waals surface area (Å²) >= 11 is 3.36. The lowest BCUT2D eigenvalue weighted by atomic mass is 10.2. The fourth-order valence-corrected chi connectivity index (χ4v) is 3.74. The average Bonchev–Trinajstić information content (AvgIpc) is 2.86. The number of carbonyl (C=O) groups is 1. The molecule has 0 spiro atoms. The predicted octanol–water partition coefficient (Wildman–Crippen LogP) is 4.14. The summed E-state index contributed by atoms with van der Waals surface area (Å²) in [6, 6.07) is 12.2. The molecule has 0 bridgehead atoms. The smallest absolute Gasteiger partial charge is 0.261 e. The highest BCUT2D eigenvalue weighted by molar-refractivity contribution is 7.99. The summed E-state index contributed by atoms with van der Waals surface area (Å²) in [7, 11) is 0. The molecule has 4 heteroatoms. The molecule has 0 fully saturated rings. The third-order valence-electron chi connectivity index (χ3n) is 2.97. The minimum Gasteiger partial charge on any atom is -0.350 e. The van der Waals surface area contributed by atoms with Crippen LogP contribution in [0.4, 0.5) is 0 Å². The quantitative estimate of drug-likeness (QED) is 0.642. The van der Waals surface area contributed by atoms with Crippen LogP contribution in [0.2, 0.25) is 0 Å². The van der Waals surface area contributed by atoms with Gasteiger partial charge in [0.05, 0.1) is 4.88 Å². The number of thiophene rings is 1. The second-order valence-electron chi connectivity index (χ2n) is 4.49. The van der Waals surface area contributed by atoms with Gasteiger partial charge in [-0.15, -0.1) is 23.1 Å². The summed E-state index contributed by atoms with van der Waals surface area (Å²) in [6.45, 7) is 4.88. The Morgan fingerprint density at radius 2 is 2.05 bits per heavy atom. The Morgan fingerprint density at radius 3 is 2.70 bits per heavy atom. The molecule has 2 rings (SSSR count). The van der Waals surface area contributed by atoms with E-state index in [0.29, 0.717) is 6.54 Å². The van der Waals surface area contributed by atoms with Crippen molar-refractivity contribution in [2.24, 2.45) is 0 Å². The van der Waals surface area contributed by atoms with Crippen molar-refractivity contribution in [3.63, 3.8) is 0 Å². The van der Waals surface area contributed by atoms with Gasteiger partial charge < -0.3 is 5.32 Å². The number of aryl methyl sites for hydroxylation is 2. The van der Waals surface area contributed by atoms with Crippen LogP contribution in [0.3, 0.4) is 0 Å². The number of rotatable bonds is 6. The van der Waals surface area contributed by atoms with Crippen molar-refractivity contribution in [1.29, 1.82) is 0 Å². The van der Waals surface area contributed by atoms with Gasteiger partial charge in [0.2, 0.25) is 0 Å². The Kier molecular flexibility index (Phi) is 5.68. The molecule has 0 saturated heterocycles. The number of hydrogen-bond donors (Lipinski definition) is 1. The maximum absolute atomic E-state index is 12.0. The van der Waals surface area contributed by atoms with E-state index in [1.54, 1.807) is 23.1 Å². The second-order valence-corrected chi connectivity index (χ2v) is 6.79. The molecule has 1 aromatic carbocycles. The third kappa shape index (κ3) is 4.12. The second kappa shape index (κ2) is 7.50. The summed E-state index contributed by atoms with van der Waals surface area (Å²) < 4.78 is 0. The molecule has 1 heterocycles. The lowest BCUT2D eigenvalue weighted by molar-refractivity contribution is 0.0960. The molecule has 0 radical (unpaired) electrons. The minimum atomic E-state index is 0.0476. The highest BCUT2D eigenvalue weighted by Gasteiger charge is 2.10. The van der Waals surface area contributed by atoms with Gasteiger partial charge >= 0.3 is 0 Å². The van der Waals surface area contributed by atoms with Gasteiger partial charge in [0, 0.05) is 22.1 Å². The molecule has 0 unspecified atom stereocenters. The van der Waals surface area contributed by atoms with Crippen LogP contribution in [0.1, 0.15) is 27.0 Å². The fraction of sp³-hybridized carbons (Fsp3) is 0.312. The largest absolute Gasteiger partial charge is 0.350 e. The van der Waals surface area contributed by atoms with Crippen LogP contribution in [0, 0.1) is 6.92 Å². The summed E-state index contributed by atoms with van der Waals surface area (Å²) in [5, 5.41) is 2.98. The molecular weight excluding hydrogens is 286 g/mol. The number of benzene rings is 1. The van der Waals surface area contributed by atoms with Crippen molar-refractivity contribution in [2.45, 2.75) is 25.2 Å². The molecule has 0 aliphatic rings. The maximum atomic E-state index is 12.0. The van der Waals surface area contributed by atoms with Gasteiger partial charge in [-0.2, -0.15) is 0 Å². The summed E-state index contributed by atoms with van der Waals surface area (Å²) in [5.41, 5.74) is 1.22. The zero-order chi connectivity index (χ0) is 14.4. The zero-order valence-electron chi connectivity index (χ0n) is 11.8. The molecule has 106 valence electrons. The normalized spacial score (nSPS) is 10.5. The van der Waals surface area contributed by atoms with Gasteiger partial charge in [0.1, 0.15) is 0 Å². The Balaban J connectivity index is 1.77. The number of carbonyl (C=O) groups excluding carboxylic acids is 1. The first-order valence-electron chi connectivity index (χ1n) is 6.76. The van der Waals surface area contributed by atoms with Gasteiger partial charge in [-0.25, -0.2) is 0 Å². The molecule has 0 aliphatic heterocycles. The Morgan fingerprint density at radius 1 is 1.30 bits per heavy atom. The standard InChI is InChI=1S/C16H19NOS2/c1-3-14-12(2)11-15(20-14)16(18)17-9-10-19-13-7-5-4-6-8-13/h4-8,11H,3,9-10H2,1-2H3,(H,17,18). The minimum absolute atomic E-state index is 0.0476. The van der Waals surface area contributed by atoms with Crippen molar-refractivity contribution >= 4 is 29.0 Å². The van der Waals surface area contributed by atoms with Gasteiger partial charge in [0.15, 0.2) is 0 Å². The van der Waals surface area contributed by atoms with Crippen LogP contribution in [-0.2, 0) is 6.42 Å². The predicted molar refractivity (Wildman–Crippen MR) is 87.9 cm³/mol. The number of amides is 1. The Bertz CT molecular complexity index is 563. The summed E-state index contributed by atoms with van der Waals surface area (Å²) in [6.07, 6.45) is 0.994. The van der Waals surface area contributed by atoms with Gasteiger partial charge in [-0.05, 0) is 37.1 Å². The molecular formula is C16H19NOS2. The molecule has 2 aromatic rings. The van der Waals surface area contributed by atoms with Crippen LogP contribution in [0.5, 0.6) is 0 Å². The third-order valence-corrected chi connectivity index (χ3v) is 5.36. The topological polar surface area (TPSA) is 29.1 Å². The van der Waals surface area contributed by atoms with Crippen LogP contribution in [0.15, 0.2) is 41.3 Å². The van der Waals surface area contributed by atoms with Crippen molar-refractivity contribution in [1.82, 2.24) is 5.32 Å². The van der Waals surface area contributed by atoms with Gasteiger partial charge in [-0.1, -0.05) is 25.1 Å². The SMILES string of the molecule is CCc1sc(C(=O)NCCSc2ccccc2)cc1C. The molecule has 1 aromatic heterocycles. The van der Waals surface area contributed by atoms with Gasteiger partial charge in [0.25, 0.3) is 5.91 Å². The number of nitrogens with one attached hydrogen (secondary N) is 1. The highest BCUT2D eigenvalue weighted by Crippen LogP contribution is 2.22. The van der Waals surface area contributed by atoms with Crippen molar-refractivity contribution in [3.05, 3.63) is 51.7 Å². The molecule has 1 amide bonds. The van der Waals surface area contributed by atoms with Gasteiger partial charge in [-0.3, -0.25) is 4.79 Å². The molecule has 0 aliphatic carbocycles. The van der Waals surface area contributed by atoms with Crippen LogP contribution in [0.25, 0.3) is 0 Å². The van der Waals surface area contributed by atoms with E-state index in [1.807, 2.05) is 24.3 Å². The highest BCUT2D eigenvalue weighted by atomic mass is 32.2. The van der Waals surface area contributed by atoms with Crippen molar-refractivity contribution in [2.75, 3.05) is 12.3 Å². The lowest BCUT2D eigenvalue weighted by Gasteiger charge is -2.03. The molecule has 20 heavy (non-hydrogen) atoms. The van der Waals surface area contributed by atoms with Crippen molar-refractivity contribution in [3.8, 4) is 0 Å². The van der Waals surface area contributed by atoms with E-state index in [9.17, 15) is 4.79 Å². The first-order chi connectivity index (χ1) is 9.70. The average molecular weight is 305 g/mol. The first kappa shape index (κ1) is 15.1. The van der Waals surface area contributed by atoms with E-state index in [4.69, 9.17) is 0 Å². The van der Waals surface area contributed by atoms with Crippen molar-refractivity contribution < 1.29 is 4.79 Å². The molecule has 1 N–H and O–H groups in total. The summed E-state index contributed by atoms with van der Waals surface area (Å²) in [5.74, 6) is 0.937. The van der Waals surface area contributed by atoms with E-state index < -0.39 is 0 Å². The van der Waals surface area contributed by atoms with E-state index in [0.717, 1.165) is 17.1 Å². The maximum Gasteiger partial charge on any atom is 0.261 e.